The summed E-state index contributed by atoms with van der Waals surface area (Å²) < 4.78 is 6.21. The quantitative estimate of drug-likeness (QED) is 0.892. The van der Waals surface area contributed by atoms with Gasteiger partial charge in [-0.25, -0.2) is 0 Å². The fourth-order valence-electron chi connectivity index (χ4n) is 2.52. The molecule has 1 unspecified atom stereocenters. The summed E-state index contributed by atoms with van der Waals surface area (Å²) >= 11 is 6.30. The second-order valence-corrected chi connectivity index (χ2v) is 6.12. The average Bonchev–Trinajstić information content (AvgIpc) is 2.60. The summed E-state index contributed by atoms with van der Waals surface area (Å²) in [6.45, 7) is 8.55. The van der Waals surface area contributed by atoms with Crippen molar-refractivity contribution in [2.45, 2.75) is 52.1 Å². The van der Waals surface area contributed by atoms with Crippen LogP contribution in [0.15, 0.2) is 12.1 Å². The zero-order chi connectivity index (χ0) is 13.8. The van der Waals surface area contributed by atoms with Gasteiger partial charge in [0.1, 0.15) is 5.75 Å². The highest BCUT2D eigenvalue weighted by molar-refractivity contribution is 6.31. The lowest BCUT2D eigenvalue weighted by Crippen LogP contribution is -2.19. The number of nitrogens with one attached hydrogen (secondary N) is 1. The second-order valence-electron chi connectivity index (χ2n) is 5.71. The Bertz CT molecular complexity index is 423. The summed E-state index contributed by atoms with van der Waals surface area (Å²) in [7, 11) is 0. The van der Waals surface area contributed by atoms with Crippen molar-refractivity contribution in [3.8, 4) is 5.75 Å². The normalized spacial score (nSPS) is 20.4. The lowest BCUT2D eigenvalue weighted by atomic mass is 10.0. The first-order valence-electron chi connectivity index (χ1n) is 7.25. The monoisotopic (exact) mass is 281 g/mol. The molecule has 0 aliphatic carbocycles. The van der Waals surface area contributed by atoms with E-state index in [0.29, 0.717) is 12.0 Å². The van der Waals surface area contributed by atoms with Gasteiger partial charge >= 0.3 is 0 Å². The maximum Gasteiger partial charge on any atom is 0.123 e. The van der Waals surface area contributed by atoms with Crippen LogP contribution in [0, 0.1) is 6.92 Å². The third-order valence-electron chi connectivity index (χ3n) is 3.73. The summed E-state index contributed by atoms with van der Waals surface area (Å²) in [6, 6.07) is 4.15. The SMILES string of the molecule is Cc1cc(Cl)c(C(C)C)cc1OC1CCCNCC1. The highest BCUT2D eigenvalue weighted by atomic mass is 35.5. The van der Waals surface area contributed by atoms with E-state index in [-0.39, 0.29) is 0 Å². The Balaban J connectivity index is 2.16. The highest BCUT2D eigenvalue weighted by Gasteiger charge is 2.16. The van der Waals surface area contributed by atoms with Crippen LogP contribution in [0.2, 0.25) is 5.02 Å². The number of halogens is 1. The molecular weight excluding hydrogens is 258 g/mol. The number of benzene rings is 1. The lowest BCUT2D eigenvalue weighted by Gasteiger charge is -2.20. The minimum Gasteiger partial charge on any atom is -0.490 e. The third-order valence-corrected chi connectivity index (χ3v) is 4.06. The standard InChI is InChI=1S/C16H24ClNO/c1-11(2)14-10-16(12(3)9-15(14)17)19-13-5-4-7-18-8-6-13/h9-11,13,18H,4-8H2,1-3H3. The van der Waals surface area contributed by atoms with Crippen LogP contribution in [0.4, 0.5) is 0 Å². The summed E-state index contributed by atoms with van der Waals surface area (Å²) in [5, 5.41) is 4.26. The number of rotatable bonds is 3. The molecule has 106 valence electrons. The molecule has 2 rings (SSSR count). The van der Waals surface area contributed by atoms with Gasteiger partial charge in [0.05, 0.1) is 6.10 Å². The van der Waals surface area contributed by atoms with Gasteiger partial charge in [0, 0.05) is 5.02 Å². The van der Waals surface area contributed by atoms with Crippen LogP contribution in [0.3, 0.4) is 0 Å². The molecule has 1 fully saturated rings. The molecular formula is C16H24ClNO. The van der Waals surface area contributed by atoms with Crippen molar-refractivity contribution < 1.29 is 4.74 Å². The molecule has 0 bridgehead atoms. The van der Waals surface area contributed by atoms with Crippen molar-refractivity contribution >= 4 is 11.6 Å². The number of aryl methyl sites for hydroxylation is 1. The van der Waals surface area contributed by atoms with E-state index in [1.54, 1.807) is 0 Å². The average molecular weight is 282 g/mol. The maximum atomic E-state index is 6.30. The molecule has 1 aromatic rings. The van der Waals surface area contributed by atoms with Gasteiger partial charge in [-0.05, 0) is 68.5 Å². The second kappa shape index (κ2) is 6.62. The van der Waals surface area contributed by atoms with E-state index in [1.807, 2.05) is 6.07 Å². The van der Waals surface area contributed by atoms with Gasteiger partial charge in [0.25, 0.3) is 0 Å². The van der Waals surface area contributed by atoms with Crippen molar-refractivity contribution in [3.63, 3.8) is 0 Å². The Kier molecular flexibility index (Phi) is 5.12. The highest BCUT2D eigenvalue weighted by Crippen LogP contribution is 2.32. The van der Waals surface area contributed by atoms with Crippen LogP contribution >= 0.6 is 11.6 Å². The fraction of sp³-hybridized carbons (Fsp3) is 0.625. The van der Waals surface area contributed by atoms with E-state index in [2.05, 4.69) is 32.2 Å². The van der Waals surface area contributed by atoms with Gasteiger partial charge in [0.2, 0.25) is 0 Å². The van der Waals surface area contributed by atoms with Crippen LogP contribution in [-0.4, -0.2) is 19.2 Å². The Labute approximate surface area is 121 Å². The first-order valence-corrected chi connectivity index (χ1v) is 7.63. The third kappa shape index (κ3) is 3.87. The van der Waals surface area contributed by atoms with Gasteiger partial charge < -0.3 is 10.1 Å². The minimum absolute atomic E-state index is 0.329. The topological polar surface area (TPSA) is 21.3 Å². The van der Waals surface area contributed by atoms with E-state index in [0.717, 1.165) is 42.3 Å². The van der Waals surface area contributed by atoms with Gasteiger partial charge in [-0.3, -0.25) is 0 Å². The number of hydrogen-bond acceptors (Lipinski definition) is 2. The summed E-state index contributed by atoms with van der Waals surface area (Å²) in [6.07, 6.45) is 3.73. The van der Waals surface area contributed by atoms with E-state index in [1.165, 1.54) is 12.0 Å². The molecule has 3 heteroatoms. The minimum atomic E-state index is 0.329. The number of hydrogen-bond donors (Lipinski definition) is 1. The molecule has 1 aliphatic rings. The Morgan fingerprint density at radius 1 is 1.26 bits per heavy atom. The molecule has 0 aromatic heterocycles. The Morgan fingerprint density at radius 2 is 2.05 bits per heavy atom. The van der Waals surface area contributed by atoms with Crippen LogP contribution in [0.5, 0.6) is 5.75 Å². The van der Waals surface area contributed by atoms with Crippen molar-refractivity contribution in [3.05, 3.63) is 28.3 Å². The smallest absolute Gasteiger partial charge is 0.123 e. The summed E-state index contributed by atoms with van der Waals surface area (Å²) in [5.41, 5.74) is 2.31. The summed E-state index contributed by atoms with van der Waals surface area (Å²) in [4.78, 5) is 0. The molecule has 0 spiro atoms. The van der Waals surface area contributed by atoms with Gasteiger partial charge in [-0.1, -0.05) is 25.4 Å². The zero-order valence-electron chi connectivity index (χ0n) is 12.1. The molecule has 0 amide bonds. The molecule has 1 saturated heterocycles. The molecule has 2 nitrogen and oxygen atoms in total. The van der Waals surface area contributed by atoms with Crippen molar-refractivity contribution in [1.82, 2.24) is 5.32 Å². The van der Waals surface area contributed by atoms with E-state index in [4.69, 9.17) is 16.3 Å². The van der Waals surface area contributed by atoms with Gasteiger partial charge in [-0.15, -0.1) is 0 Å². The Morgan fingerprint density at radius 3 is 2.79 bits per heavy atom. The first kappa shape index (κ1) is 14.7. The molecule has 1 aliphatic heterocycles. The van der Waals surface area contributed by atoms with Gasteiger partial charge in [0.15, 0.2) is 0 Å². The molecule has 1 atom stereocenters. The van der Waals surface area contributed by atoms with Crippen LogP contribution in [0.1, 0.15) is 50.2 Å². The van der Waals surface area contributed by atoms with Crippen LogP contribution in [-0.2, 0) is 0 Å². The number of ether oxygens (including phenoxy) is 1. The first-order chi connectivity index (χ1) is 9.08. The molecule has 0 radical (unpaired) electrons. The molecule has 1 aromatic carbocycles. The predicted molar refractivity (Wildman–Crippen MR) is 81.4 cm³/mol. The van der Waals surface area contributed by atoms with Crippen molar-refractivity contribution in [2.24, 2.45) is 0 Å². The largest absolute Gasteiger partial charge is 0.490 e. The molecule has 1 N–H and O–H groups in total. The van der Waals surface area contributed by atoms with Crippen LogP contribution < -0.4 is 10.1 Å². The van der Waals surface area contributed by atoms with E-state index in [9.17, 15) is 0 Å². The molecule has 1 heterocycles. The summed E-state index contributed by atoms with van der Waals surface area (Å²) in [5.74, 6) is 1.42. The van der Waals surface area contributed by atoms with Crippen molar-refractivity contribution in [1.29, 1.82) is 0 Å². The van der Waals surface area contributed by atoms with Crippen LogP contribution in [0.25, 0.3) is 0 Å². The van der Waals surface area contributed by atoms with Gasteiger partial charge in [-0.2, -0.15) is 0 Å². The Hall–Kier alpha value is -0.730. The van der Waals surface area contributed by atoms with E-state index >= 15 is 0 Å². The predicted octanol–water partition coefficient (Wildman–Crippen LogP) is 4.29. The molecule has 19 heavy (non-hydrogen) atoms. The zero-order valence-corrected chi connectivity index (χ0v) is 12.9. The molecule has 0 saturated carbocycles. The fourth-order valence-corrected chi connectivity index (χ4v) is 2.96. The van der Waals surface area contributed by atoms with E-state index < -0.39 is 0 Å². The maximum absolute atomic E-state index is 6.30. The lowest BCUT2D eigenvalue weighted by molar-refractivity contribution is 0.186. The van der Waals surface area contributed by atoms with Crippen molar-refractivity contribution in [2.75, 3.05) is 13.1 Å².